The fourth-order valence-electron chi connectivity index (χ4n) is 1.60. The number of thiophene rings is 1. The Labute approximate surface area is 146 Å². The molecular formula is C15H11Cl2NO4S. The molecule has 1 N–H and O–H groups in total. The van der Waals surface area contributed by atoms with Crippen molar-refractivity contribution in [2.75, 3.05) is 13.2 Å². The molecule has 0 aliphatic rings. The van der Waals surface area contributed by atoms with Crippen molar-refractivity contribution in [2.45, 2.75) is 0 Å². The van der Waals surface area contributed by atoms with Crippen molar-refractivity contribution in [1.82, 2.24) is 5.32 Å². The largest absolute Gasteiger partial charge is 0.456 e. The van der Waals surface area contributed by atoms with Gasteiger partial charge in [-0.25, -0.2) is 0 Å². The maximum absolute atomic E-state index is 11.9. The topological polar surface area (TPSA) is 72.5 Å². The molecule has 8 heteroatoms. The van der Waals surface area contributed by atoms with Gasteiger partial charge in [0.15, 0.2) is 6.61 Å². The van der Waals surface area contributed by atoms with Crippen LogP contribution in [-0.4, -0.2) is 30.8 Å². The Hall–Kier alpha value is -1.89. The number of amides is 1. The molecule has 1 heterocycles. The Bertz CT molecular complexity index is 731. The fourth-order valence-corrected chi connectivity index (χ4v) is 2.55. The molecular weight excluding hydrogens is 361 g/mol. The lowest BCUT2D eigenvalue weighted by molar-refractivity contribution is -0.141. The fraction of sp³-hybridized carbons (Fsp3) is 0.133. The number of hydrogen-bond donors (Lipinski definition) is 1. The summed E-state index contributed by atoms with van der Waals surface area (Å²) in [6.45, 7) is -0.710. The number of Topliss-reactive ketones (excluding diaryl/α,β-unsaturated/α-hetero) is 1. The van der Waals surface area contributed by atoms with Crippen molar-refractivity contribution in [3.8, 4) is 0 Å². The Morgan fingerprint density at radius 2 is 1.91 bits per heavy atom. The summed E-state index contributed by atoms with van der Waals surface area (Å²) in [5, 5.41) is 4.70. The van der Waals surface area contributed by atoms with Crippen LogP contribution in [0.15, 0.2) is 35.7 Å². The Balaban J connectivity index is 1.78. The average Bonchev–Trinajstić information content (AvgIpc) is 3.07. The van der Waals surface area contributed by atoms with Crippen molar-refractivity contribution in [1.29, 1.82) is 0 Å². The average molecular weight is 372 g/mol. The predicted molar refractivity (Wildman–Crippen MR) is 88.4 cm³/mol. The molecule has 1 aromatic carbocycles. The van der Waals surface area contributed by atoms with Gasteiger partial charge in [-0.2, -0.15) is 0 Å². The maximum Gasteiger partial charge on any atom is 0.325 e. The minimum Gasteiger partial charge on any atom is -0.456 e. The summed E-state index contributed by atoms with van der Waals surface area (Å²) in [4.78, 5) is 35.6. The van der Waals surface area contributed by atoms with Crippen LogP contribution in [0.3, 0.4) is 0 Å². The number of halogens is 2. The molecule has 0 aliphatic heterocycles. The van der Waals surface area contributed by atoms with E-state index in [1.165, 1.54) is 29.5 Å². The summed E-state index contributed by atoms with van der Waals surface area (Å²) in [6.07, 6.45) is 0. The number of carbonyl (C=O) groups excluding carboxylic acids is 3. The second-order valence-corrected chi connectivity index (χ2v) is 6.13. The molecule has 23 heavy (non-hydrogen) atoms. The van der Waals surface area contributed by atoms with Crippen molar-refractivity contribution in [2.24, 2.45) is 0 Å². The van der Waals surface area contributed by atoms with Gasteiger partial charge >= 0.3 is 5.97 Å². The molecule has 2 aromatic rings. The monoisotopic (exact) mass is 371 g/mol. The highest BCUT2D eigenvalue weighted by molar-refractivity contribution is 7.12. The van der Waals surface area contributed by atoms with Gasteiger partial charge in [0.05, 0.1) is 14.9 Å². The number of ether oxygens (including phenoxy) is 1. The van der Waals surface area contributed by atoms with E-state index in [1.807, 2.05) is 0 Å². The first-order valence-corrected chi connectivity index (χ1v) is 8.06. The number of benzene rings is 1. The number of esters is 1. The standard InChI is InChI=1S/C15H11Cl2NO4S/c16-10-4-3-9(6-11(10)17)15(21)18-7-14(20)22-8-12(19)13-2-1-5-23-13/h1-6H,7-8H2,(H,18,21). The second-order valence-electron chi connectivity index (χ2n) is 4.37. The number of rotatable bonds is 6. The van der Waals surface area contributed by atoms with Crippen LogP contribution in [0.1, 0.15) is 20.0 Å². The summed E-state index contributed by atoms with van der Waals surface area (Å²) < 4.78 is 4.81. The minimum atomic E-state index is -0.705. The zero-order valence-electron chi connectivity index (χ0n) is 11.7. The highest BCUT2D eigenvalue weighted by Crippen LogP contribution is 2.22. The Morgan fingerprint density at radius 3 is 2.57 bits per heavy atom. The Morgan fingerprint density at radius 1 is 1.13 bits per heavy atom. The van der Waals surface area contributed by atoms with Crippen LogP contribution < -0.4 is 5.32 Å². The molecule has 5 nitrogen and oxygen atoms in total. The molecule has 0 saturated heterocycles. The van der Waals surface area contributed by atoms with E-state index in [2.05, 4.69) is 5.32 Å². The van der Waals surface area contributed by atoms with Gasteiger partial charge in [0.1, 0.15) is 6.54 Å². The molecule has 0 saturated carbocycles. The molecule has 0 spiro atoms. The summed E-state index contributed by atoms with van der Waals surface area (Å²) in [7, 11) is 0. The van der Waals surface area contributed by atoms with Crippen molar-refractivity contribution >= 4 is 52.2 Å². The van der Waals surface area contributed by atoms with Gasteiger partial charge in [-0.3, -0.25) is 14.4 Å². The third-order valence-electron chi connectivity index (χ3n) is 2.74. The molecule has 0 radical (unpaired) electrons. The van der Waals surface area contributed by atoms with Crippen LogP contribution in [0.2, 0.25) is 10.0 Å². The van der Waals surface area contributed by atoms with Crippen LogP contribution in [0, 0.1) is 0 Å². The van der Waals surface area contributed by atoms with E-state index in [9.17, 15) is 14.4 Å². The van der Waals surface area contributed by atoms with Crippen molar-refractivity contribution in [3.05, 3.63) is 56.2 Å². The second kappa shape index (κ2) is 8.10. The molecule has 1 amide bonds. The van der Waals surface area contributed by atoms with E-state index < -0.39 is 11.9 Å². The van der Waals surface area contributed by atoms with E-state index in [-0.39, 0.29) is 29.5 Å². The predicted octanol–water partition coefficient (Wildman–Crippen LogP) is 3.21. The third-order valence-corrected chi connectivity index (χ3v) is 4.39. The lowest BCUT2D eigenvalue weighted by Crippen LogP contribution is -2.31. The van der Waals surface area contributed by atoms with Crippen LogP contribution in [-0.2, 0) is 9.53 Å². The molecule has 0 atom stereocenters. The quantitative estimate of drug-likeness (QED) is 0.624. The first kappa shape index (κ1) is 17.5. The molecule has 0 unspecified atom stereocenters. The molecule has 0 bridgehead atoms. The SMILES string of the molecule is O=C(CNC(=O)c1ccc(Cl)c(Cl)c1)OCC(=O)c1cccs1. The van der Waals surface area contributed by atoms with E-state index in [0.717, 1.165) is 0 Å². The van der Waals surface area contributed by atoms with Gasteiger partial charge < -0.3 is 10.1 Å². The van der Waals surface area contributed by atoms with Gasteiger partial charge in [-0.1, -0.05) is 29.3 Å². The van der Waals surface area contributed by atoms with Crippen molar-refractivity contribution in [3.63, 3.8) is 0 Å². The van der Waals surface area contributed by atoms with Gasteiger partial charge in [-0.15, -0.1) is 11.3 Å². The van der Waals surface area contributed by atoms with E-state index in [0.29, 0.717) is 9.90 Å². The highest BCUT2D eigenvalue weighted by Gasteiger charge is 2.13. The van der Waals surface area contributed by atoms with E-state index in [4.69, 9.17) is 27.9 Å². The minimum absolute atomic E-state index is 0.239. The maximum atomic E-state index is 11.9. The molecule has 1 aromatic heterocycles. The molecule has 120 valence electrons. The highest BCUT2D eigenvalue weighted by atomic mass is 35.5. The third kappa shape index (κ3) is 5.06. The summed E-state index contributed by atoms with van der Waals surface area (Å²) in [5.74, 6) is -1.49. The first-order valence-electron chi connectivity index (χ1n) is 6.43. The lowest BCUT2D eigenvalue weighted by Gasteiger charge is -2.06. The Kier molecular flexibility index (Phi) is 6.15. The van der Waals surface area contributed by atoms with Crippen LogP contribution >= 0.6 is 34.5 Å². The van der Waals surface area contributed by atoms with Gasteiger partial charge in [0.2, 0.25) is 5.78 Å². The summed E-state index contributed by atoms with van der Waals surface area (Å²) in [6, 6.07) is 7.74. The summed E-state index contributed by atoms with van der Waals surface area (Å²) in [5.41, 5.74) is 0.266. The van der Waals surface area contributed by atoms with E-state index in [1.54, 1.807) is 17.5 Å². The lowest BCUT2D eigenvalue weighted by atomic mass is 10.2. The van der Waals surface area contributed by atoms with Gasteiger partial charge in [-0.05, 0) is 29.6 Å². The van der Waals surface area contributed by atoms with Gasteiger partial charge in [0.25, 0.3) is 5.91 Å². The zero-order valence-corrected chi connectivity index (χ0v) is 14.0. The van der Waals surface area contributed by atoms with Crippen LogP contribution in [0.25, 0.3) is 0 Å². The zero-order chi connectivity index (χ0) is 16.8. The summed E-state index contributed by atoms with van der Waals surface area (Å²) >= 11 is 12.8. The first-order chi connectivity index (χ1) is 11.0. The number of hydrogen-bond acceptors (Lipinski definition) is 5. The normalized spacial score (nSPS) is 10.2. The smallest absolute Gasteiger partial charge is 0.325 e. The van der Waals surface area contributed by atoms with Crippen LogP contribution in [0.5, 0.6) is 0 Å². The number of nitrogens with one attached hydrogen (secondary N) is 1. The molecule has 2 rings (SSSR count). The van der Waals surface area contributed by atoms with Crippen molar-refractivity contribution < 1.29 is 19.1 Å². The van der Waals surface area contributed by atoms with E-state index >= 15 is 0 Å². The van der Waals surface area contributed by atoms with Gasteiger partial charge in [0, 0.05) is 5.56 Å². The molecule has 0 aliphatic carbocycles. The molecule has 0 fully saturated rings. The number of carbonyl (C=O) groups is 3. The van der Waals surface area contributed by atoms with Crippen LogP contribution in [0.4, 0.5) is 0 Å². The number of ketones is 1.